The average Bonchev–Trinajstić information content (AvgIpc) is 2.60. The van der Waals surface area contributed by atoms with E-state index >= 15 is 0 Å². The van der Waals surface area contributed by atoms with Crippen molar-refractivity contribution in [2.24, 2.45) is 7.05 Å². The van der Waals surface area contributed by atoms with Gasteiger partial charge in [-0.25, -0.2) is 0 Å². The second-order valence-electron chi connectivity index (χ2n) is 6.34. The summed E-state index contributed by atoms with van der Waals surface area (Å²) in [7, 11) is 1.68. The van der Waals surface area contributed by atoms with Crippen molar-refractivity contribution in [2.45, 2.75) is 13.8 Å². The first kappa shape index (κ1) is 15.3. The summed E-state index contributed by atoms with van der Waals surface area (Å²) in [5.41, 5.74) is 3.35. The Kier molecular flexibility index (Phi) is 3.32. The number of rotatable bonds is 1. The number of pyridine rings is 3. The molecule has 0 aliphatic heterocycles. The number of aromatic nitrogens is 3. The molecule has 25 heavy (non-hydrogen) atoms. The molecule has 0 radical (unpaired) electrons. The minimum atomic E-state index is -0.174. The fourth-order valence-corrected chi connectivity index (χ4v) is 3.09. The Hall–Kier alpha value is -3.21. The van der Waals surface area contributed by atoms with Gasteiger partial charge in [0, 0.05) is 36.7 Å². The Morgan fingerprint density at radius 3 is 2.44 bits per heavy atom. The van der Waals surface area contributed by atoms with Gasteiger partial charge in [0.1, 0.15) is 0 Å². The monoisotopic (exact) mass is 331 g/mol. The first-order valence-corrected chi connectivity index (χ1v) is 8.05. The van der Waals surface area contributed by atoms with Crippen molar-refractivity contribution in [1.29, 1.82) is 0 Å². The third-order valence-corrected chi connectivity index (χ3v) is 4.75. The largest absolute Gasteiger partial charge is 0.318 e. The summed E-state index contributed by atoms with van der Waals surface area (Å²) >= 11 is 0. The number of hydrogen-bond acceptors (Lipinski definition) is 3. The highest BCUT2D eigenvalue weighted by atomic mass is 16.1. The van der Waals surface area contributed by atoms with Crippen LogP contribution in [0.15, 0.2) is 58.5 Å². The Labute approximate surface area is 143 Å². The molecule has 0 aliphatic rings. The lowest BCUT2D eigenvalue weighted by Gasteiger charge is -2.10. The van der Waals surface area contributed by atoms with Crippen LogP contribution in [0.2, 0.25) is 0 Å². The van der Waals surface area contributed by atoms with Crippen LogP contribution >= 0.6 is 0 Å². The van der Waals surface area contributed by atoms with Gasteiger partial charge in [-0.3, -0.25) is 19.1 Å². The second-order valence-corrected chi connectivity index (χ2v) is 6.34. The smallest absolute Gasteiger partial charge is 0.265 e. The van der Waals surface area contributed by atoms with E-state index in [1.807, 2.05) is 38.1 Å². The van der Waals surface area contributed by atoms with E-state index in [1.54, 1.807) is 36.3 Å². The molecule has 0 saturated heterocycles. The molecule has 3 aromatic heterocycles. The highest BCUT2D eigenvalue weighted by Gasteiger charge is 2.12. The summed E-state index contributed by atoms with van der Waals surface area (Å²) in [6.07, 6.45) is 4.95. The Morgan fingerprint density at radius 1 is 0.880 bits per heavy atom. The van der Waals surface area contributed by atoms with Crippen LogP contribution < -0.4 is 11.1 Å². The van der Waals surface area contributed by atoms with Crippen molar-refractivity contribution in [3.05, 3.63) is 80.8 Å². The predicted octanol–water partition coefficient (Wildman–Crippen LogP) is 2.85. The number of nitrogens with zero attached hydrogens (tertiary/aromatic N) is 3. The molecular formula is C20H17N3O2. The SMILES string of the molecule is Cc1ccc(-n2ccc3ncc4c(=O)n(C)ccc4c3c2=O)cc1C. The van der Waals surface area contributed by atoms with Gasteiger partial charge in [0.2, 0.25) is 0 Å². The summed E-state index contributed by atoms with van der Waals surface area (Å²) in [4.78, 5) is 29.8. The van der Waals surface area contributed by atoms with Crippen LogP contribution in [-0.2, 0) is 7.05 Å². The van der Waals surface area contributed by atoms with Crippen molar-refractivity contribution in [3.63, 3.8) is 0 Å². The fourth-order valence-electron chi connectivity index (χ4n) is 3.09. The molecule has 1 aromatic carbocycles. The van der Waals surface area contributed by atoms with E-state index in [0.29, 0.717) is 21.7 Å². The fraction of sp³-hybridized carbons (Fsp3) is 0.150. The first-order chi connectivity index (χ1) is 12.0. The second kappa shape index (κ2) is 5.41. The normalized spacial score (nSPS) is 11.3. The lowest BCUT2D eigenvalue weighted by Crippen LogP contribution is -2.20. The quantitative estimate of drug-likeness (QED) is 0.504. The molecule has 5 heteroatoms. The van der Waals surface area contributed by atoms with Crippen molar-refractivity contribution >= 4 is 21.7 Å². The number of hydrogen-bond donors (Lipinski definition) is 0. The van der Waals surface area contributed by atoms with E-state index in [4.69, 9.17) is 0 Å². The summed E-state index contributed by atoms with van der Waals surface area (Å²) in [5.74, 6) is 0. The van der Waals surface area contributed by atoms with Gasteiger partial charge in [0.15, 0.2) is 0 Å². The van der Waals surface area contributed by atoms with Crippen LogP contribution in [-0.4, -0.2) is 14.1 Å². The first-order valence-electron chi connectivity index (χ1n) is 8.05. The van der Waals surface area contributed by atoms with Crippen LogP contribution in [0.5, 0.6) is 0 Å². The molecule has 0 amide bonds. The van der Waals surface area contributed by atoms with Gasteiger partial charge < -0.3 is 4.57 Å². The van der Waals surface area contributed by atoms with E-state index in [2.05, 4.69) is 4.98 Å². The van der Waals surface area contributed by atoms with Gasteiger partial charge in [-0.15, -0.1) is 0 Å². The molecule has 0 bridgehead atoms. The molecule has 0 aliphatic carbocycles. The van der Waals surface area contributed by atoms with E-state index in [1.165, 1.54) is 10.1 Å². The molecule has 0 saturated carbocycles. The lowest BCUT2D eigenvalue weighted by molar-refractivity contribution is 0.873. The maximum Gasteiger partial charge on any atom is 0.265 e. The minimum absolute atomic E-state index is 0.159. The van der Waals surface area contributed by atoms with Crippen LogP contribution in [0, 0.1) is 13.8 Å². The van der Waals surface area contributed by atoms with Crippen molar-refractivity contribution < 1.29 is 0 Å². The molecule has 124 valence electrons. The maximum atomic E-state index is 13.1. The van der Waals surface area contributed by atoms with Crippen LogP contribution in [0.4, 0.5) is 0 Å². The zero-order chi connectivity index (χ0) is 17.7. The Balaban J connectivity index is 2.12. The van der Waals surface area contributed by atoms with Crippen LogP contribution in [0.1, 0.15) is 11.1 Å². The van der Waals surface area contributed by atoms with Crippen molar-refractivity contribution in [2.75, 3.05) is 0 Å². The molecule has 0 unspecified atom stereocenters. The standard InChI is InChI=1S/C20H17N3O2/c1-12-4-5-14(10-13(12)2)23-9-7-17-18(20(23)25)15-6-8-22(3)19(24)16(15)11-21-17/h4-11H,1-3H3. The van der Waals surface area contributed by atoms with E-state index in [0.717, 1.165) is 11.3 Å². The van der Waals surface area contributed by atoms with Gasteiger partial charge in [-0.2, -0.15) is 0 Å². The molecule has 4 aromatic rings. The Bertz CT molecular complexity index is 1270. The summed E-state index contributed by atoms with van der Waals surface area (Å²) in [5, 5.41) is 1.56. The highest BCUT2D eigenvalue weighted by Crippen LogP contribution is 2.19. The highest BCUT2D eigenvalue weighted by molar-refractivity contribution is 6.04. The molecule has 0 fully saturated rings. The summed E-state index contributed by atoms with van der Waals surface area (Å²) in [6.45, 7) is 4.06. The Morgan fingerprint density at radius 2 is 1.68 bits per heavy atom. The van der Waals surface area contributed by atoms with E-state index < -0.39 is 0 Å². The topological polar surface area (TPSA) is 56.9 Å². The van der Waals surface area contributed by atoms with Crippen LogP contribution in [0.3, 0.4) is 0 Å². The molecular weight excluding hydrogens is 314 g/mol. The third-order valence-electron chi connectivity index (χ3n) is 4.75. The van der Waals surface area contributed by atoms with Gasteiger partial charge >= 0.3 is 0 Å². The summed E-state index contributed by atoms with van der Waals surface area (Å²) < 4.78 is 3.09. The zero-order valence-electron chi connectivity index (χ0n) is 14.3. The number of aryl methyl sites for hydroxylation is 3. The molecule has 4 rings (SSSR count). The van der Waals surface area contributed by atoms with E-state index in [9.17, 15) is 9.59 Å². The van der Waals surface area contributed by atoms with Crippen molar-refractivity contribution in [3.8, 4) is 5.69 Å². The van der Waals surface area contributed by atoms with Gasteiger partial charge in [-0.05, 0) is 49.2 Å². The van der Waals surface area contributed by atoms with Crippen LogP contribution in [0.25, 0.3) is 27.4 Å². The lowest BCUT2D eigenvalue weighted by atomic mass is 10.1. The van der Waals surface area contributed by atoms with Gasteiger partial charge in [-0.1, -0.05) is 6.07 Å². The van der Waals surface area contributed by atoms with Gasteiger partial charge in [0.25, 0.3) is 11.1 Å². The molecule has 0 spiro atoms. The predicted molar refractivity (Wildman–Crippen MR) is 99.6 cm³/mol. The third kappa shape index (κ3) is 2.28. The molecule has 5 nitrogen and oxygen atoms in total. The average molecular weight is 331 g/mol. The zero-order valence-corrected chi connectivity index (χ0v) is 14.3. The van der Waals surface area contributed by atoms with E-state index in [-0.39, 0.29) is 11.1 Å². The number of benzene rings is 1. The molecule has 0 atom stereocenters. The molecule has 3 heterocycles. The number of fused-ring (bicyclic) bond motifs is 3. The summed E-state index contributed by atoms with van der Waals surface area (Å²) in [6, 6.07) is 9.52. The van der Waals surface area contributed by atoms with Crippen molar-refractivity contribution in [1.82, 2.24) is 14.1 Å². The minimum Gasteiger partial charge on any atom is -0.318 e. The molecule has 0 N–H and O–H groups in total. The maximum absolute atomic E-state index is 13.1. The van der Waals surface area contributed by atoms with Gasteiger partial charge in [0.05, 0.1) is 16.3 Å².